The van der Waals surface area contributed by atoms with Crippen LogP contribution in [0.4, 0.5) is 17.1 Å². The second-order valence-corrected chi connectivity index (χ2v) is 6.69. The third-order valence-corrected chi connectivity index (χ3v) is 4.64. The van der Waals surface area contributed by atoms with Crippen molar-refractivity contribution in [2.45, 2.75) is 13.3 Å². The monoisotopic (exact) mass is 397 g/mol. The molecule has 1 saturated heterocycles. The number of anilines is 3. The lowest BCUT2D eigenvalue weighted by Crippen LogP contribution is -2.28. The van der Waals surface area contributed by atoms with Crippen molar-refractivity contribution in [3.05, 3.63) is 42.5 Å². The molecule has 1 aliphatic heterocycles. The van der Waals surface area contributed by atoms with Gasteiger partial charge in [0, 0.05) is 37.3 Å². The average molecular weight is 397 g/mol. The van der Waals surface area contributed by atoms with Crippen LogP contribution in [0, 0.1) is 5.92 Å². The summed E-state index contributed by atoms with van der Waals surface area (Å²) < 4.78 is 10.5. The first kappa shape index (κ1) is 20.2. The molecule has 1 aliphatic rings. The number of benzene rings is 2. The Morgan fingerprint density at radius 1 is 1.07 bits per heavy atom. The average Bonchev–Trinajstić information content (AvgIpc) is 3.09. The zero-order valence-electron chi connectivity index (χ0n) is 16.5. The van der Waals surface area contributed by atoms with Crippen molar-refractivity contribution in [3.63, 3.8) is 0 Å². The van der Waals surface area contributed by atoms with Crippen molar-refractivity contribution in [1.29, 1.82) is 0 Å². The van der Waals surface area contributed by atoms with Gasteiger partial charge in [-0.25, -0.2) is 0 Å². The molecule has 8 nitrogen and oxygen atoms in total. The molecule has 1 heterocycles. The molecule has 2 aromatic carbocycles. The Bertz CT molecular complexity index is 944. The lowest BCUT2D eigenvalue weighted by Gasteiger charge is -2.18. The Morgan fingerprint density at radius 3 is 2.55 bits per heavy atom. The molecule has 8 heteroatoms. The summed E-state index contributed by atoms with van der Waals surface area (Å²) in [6.07, 6.45) is 0.108. The first-order chi connectivity index (χ1) is 13.9. The summed E-state index contributed by atoms with van der Waals surface area (Å²) in [4.78, 5) is 38.1. The van der Waals surface area contributed by atoms with Gasteiger partial charge in [0.15, 0.2) is 0 Å². The molecule has 3 rings (SSSR count). The van der Waals surface area contributed by atoms with Gasteiger partial charge in [-0.15, -0.1) is 0 Å². The van der Waals surface area contributed by atoms with Crippen LogP contribution in [0.1, 0.15) is 13.3 Å². The Hall–Kier alpha value is -3.55. The van der Waals surface area contributed by atoms with Crippen molar-refractivity contribution in [1.82, 2.24) is 0 Å². The summed E-state index contributed by atoms with van der Waals surface area (Å²) in [5.41, 5.74) is 1.65. The summed E-state index contributed by atoms with van der Waals surface area (Å²) in [7, 11) is 3.05. The van der Waals surface area contributed by atoms with E-state index < -0.39 is 5.92 Å². The van der Waals surface area contributed by atoms with Crippen molar-refractivity contribution >= 4 is 34.8 Å². The standard InChI is InChI=1S/C21H23N3O5/c1-13(25)22-15-7-8-19(29-3)18(10-15)23-21(27)14-9-20(26)24(12-14)16-5-4-6-17(11-16)28-2/h4-8,10-11,14H,9,12H2,1-3H3,(H,22,25)(H,23,27)/t14-/m0/s1. The van der Waals surface area contributed by atoms with E-state index in [1.54, 1.807) is 54.5 Å². The van der Waals surface area contributed by atoms with E-state index in [0.717, 1.165) is 0 Å². The molecule has 3 amide bonds. The van der Waals surface area contributed by atoms with Gasteiger partial charge in [0.1, 0.15) is 11.5 Å². The number of ether oxygens (including phenoxy) is 2. The lowest BCUT2D eigenvalue weighted by molar-refractivity contribution is -0.122. The Balaban J connectivity index is 1.74. The van der Waals surface area contributed by atoms with Crippen molar-refractivity contribution < 1.29 is 23.9 Å². The normalized spacial score (nSPS) is 15.8. The van der Waals surface area contributed by atoms with Gasteiger partial charge in [-0.2, -0.15) is 0 Å². The highest BCUT2D eigenvalue weighted by atomic mass is 16.5. The third kappa shape index (κ3) is 4.66. The van der Waals surface area contributed by atoms with E-state index in [-0.39, 0.29) is 30.7 Å². The van der Waals surface area contributed by atoms with Crippen LogP contribution >= 0.6 is 0 Å². The van der Waals surface area contributed by atoms with Gasteiger partial charge < -0.3 is 25.0 Å². The Kier molecular flexibility index (Phi) is 6.01. The zero-order valence-corrected chi connectivity index (χ0v) is 16.5. The van der Waals surface area contributed by atoms with Gasteiger partial charge in [-0.1, -0.05) is 6.07 Å². The summed E-state index contributed by atoms with van der Waals surface area (Å²) in [5.74, 6) is -0.0471. The van der Waals surface area contributed by atoms with Crippen LogP contribution in [-0.4, -0.2) is 38.5 Å². The topological polar surface area (TPSA) is 97.0 Å². The number of hydrogen-bond donors (Lipinski definition) is 2. The quantitative estimate of drug-likeness (QED) is 0.781. The van der Waals surface area contributed by atoms with Gasteiger partial charge in [-0.05, 0) is 30.3 Å². The zero-order chi connectivity index (χ0) is 21.0. The van der Waals surface area contributed by atoms with E-state index in [2.05, 4.69) is 10.6 Å². The van der Waals surface area contributed by atoms with Crippen LogP contribution in [-0.2, 0) is 14.4 Å². The van der Waals surface area contributed by atoms with Gasteiger partial charge in [0.25, 0.3) is 0 Å². The van der Waals surface area contributed by atoms with Gasteiger partial charge in [0.2, 0.25) is 17.7 Å². The molecular formula is C21H23N3O5. The molecule has 29 heavy (non-hydrogen) atoms. The van der Waals surface area contributed by atoms with Crippen LogP contribution in [0.2, 0.25) is 0 Å². The second kappa shape index (κ2) is 8.64. The fourth-order valence-corrected chi connectivity index (χ4v) is 3.23. The Labute approximate surface area is 168 Å². The minimum atomic E-state index is -0.511. The van der Waals surface area contributed by atoms with Crippen LogP contribution in [0.5, 0.6) is 11.5 Å². The highest BCUT2D eigenvalue weighted by Crippen LogP contribution is 2.31. The van der Waals surface area contributed by atoms with Gasteiger partial charge in [-0.3, -0.25) is 14.4 Å². The first-order valence-corrected chi connectivity index (χ1v) is 9.12. The minimum absolute atomic E-state index is 0.108. The van der Waals surface area contributed by atoms with Gasteiger partial charge >= 0.3 is 0 Å². The molecule has 1 atom stereocenters. The largest absolute Gasteiger partial charge is 0.497 e. The van der Waals surface area contributed by atoms with E-state index in [1.807, 2.05) is 0 Å². The molecule has 152 valence electrons. The fraction of sp³-hybridized carbons (Fsp3) is 0.286. The fourth-order valence-electron chi connectivity index (χ4n) is 3.23. The highest BCUT2D eigenvalue weighted by molar-refractivity contribution is 6.04. The van der Waals surface area contributed by atoms with Crippen LogP contribution < -0.4 is 25.0 Å². The molecule has 0 saturated carbocycles. The van der Waals surface area contributed by atoms with Crippen molar-refractivity contribution in [2.24, 2.45) is 5.92 Å². The van der Waals surface area contributed by atoms with Crippen molar-refractivity contribution in [2.75, 3.05) is 36.3 Å². The predicted octanol–water partition coefficient (Wildman–Crippen LogP) is 2.65. The summed E-state index contributed by atoms with van der Waals surface area (Å²) >= 11 is 0. The summed E-state index contributed by atoms with van der Waals surface area (Å²) in [5, 5.41) is 5.48. The molecule has 0 bridgehead atoms. The molecule has 0 radical (unpaired) electrons. The number of carbonyl (C=O) groups excluding carboxylic acids is 3. The number of rotatable bonds is 6. The Morgan fingerprint density at radius 2 is 1.86 bits per heavy atom. The highest BCUT2D eigenvalue weighted by Gasteiger charge is 2.35. The molecule has 2 aromatic rings. The second-order valence-electron chi connectivity index (χ2n) is 6.69. The smallest absolute Gasteiger partial charge is 0.229 e. The SMILES string of the molecule is COc1cccc(N2C[C@@H](C(=O)Nc3cc(NC(C)=O)ccc3OC)CC2=O)c1. The van der Waals surface area contributed by atoms with Gasteiger partial charge in [0.05, 0.1) is 25.8 Å². The number of amides is 3. The molecule has 2 N–H and O–H groups in total. The maximum absolute atomic E-state index is 12.8. The number of nitrogens with zero attached hydrogens (tertiary/aromatic N) is 1. The van der Waals surface area contributed by atoms with Crippen LogP contribution in [0.15, 0.2) is 42.5 Å². The maximum atomic E-state index is 12.8. The maximum Gasteiger partial charge on any atom is 0.229 e. The van der Waals surface area contributed by atoms with E-state index in [9.17, 15) is 14.4 Å². The number of carbonyl (C=O) groups is 3. The first-order valence-electron chi connectivity index (χ1n) is 9.12. The molecule has 0 aromatic heterocycles. The predicted molar refractivity (Wildman–Crippen MR) is 109 cm³/mol. The van der Waals surface area contributed by atoms with E-state index >= 15 is 0 Å². The van der Waals surface area contributed by atoms with E-state index in [1.165, 1.54) is 14.0 Å². The van der Waals surface area contributed by atoms with Crippen molar-refractivity contribution in [3.8, 4) is 11.5 Å². The van der Waals surface area contributed by atoms with E-state index in [0.29, 0.717) is 28.6 Å². The molecule has 1 fully saturated rings. The number of methoxy groups -OCH3 is 2. The number of hydrogen-bond acceptors (Lipinski definition) is 5. The molecule has 0 spiro atoms. The molecule has 0 unspecified atom stereocenters. The summed E-state index contributed by atoms with van der Waals surface area (Å²) in [6, 6.07) is 12.1. The molecule has 0 aliphatic carbocycles. The van der Waals surface area contributed by atoms with Crippen LogP contribution in [0.25, 0.3) is 0 Å². The molecular weight excluding hydrogens is 374 g/mol. The third-order valence-electron chi connectivity index (χ3n) is 4.64. The summed E-state index contributed by atoms with van der Waals surface area (Å²) in [6.45, 7) is 1.67. The van der Waals surface area contributed by atoms with E-state index in [4.69, 9.17) is 9.47 Å². The van der Waals surface area contributed by atoms with Crippen LogP contribution in [0.3, 0.4) is 0 Å². The minimum Gasteiger partial charge on any atom is -0.497 e. The number of nitrogens with one attached hydrogen (secondary N) is 2. The lowest BCUT2D eigenvalue weighted by atomic mass is 10.1.